The Kier molecular flexibility index (Phi) is 5.56. The van der Waals surface area contributed by atoms with Crippen LogP contribution in [-0.4, -0.2) is 39.4 Å². The van der Waals surface area contributed by atoms with Crippen LogP contribution in [0.4, 0.5) is 0 Å². The van der Waals surface area contributed by atoms with Gasteiger partial charge >= 0.3 is 5.97 Å². The van der Waals surface area contributed by atoms with Crippen LogP contribution in [0.2, 0.25) is 0 Å². The number of carboxylic acid groups (broad SMARTS) is 1. The quantitative estimate of drug-likeness (QED) is 0.510. The van der Waals surface area contributed by atoms with Gasteiger partial charge in [-0.15, -0.1) is 0 Å². The molecule has 0 aromatic heterocycles. The first-order valence-electron chi connectivity index (χ1n) is 13.4. The molecule has 2 aliphatic carbocycles. The molecular weight excluding hydrogens is 452 g/mol. The van der Waals surface area contributed by atoms with Gasteiger partial charge in [-0.05, 0) is 59.4 Å². The van der Waals surface area contributed by atoms with Crippen LogP contribution in [0, 0.1) is 17.8 Å². The molecule has 0 bridgehead atoms. The van der Waals surface area contributed by atoms with Crippen LogP contribution < -0.4 is 5.32 Å². The number of amides is 2. The molecule has 2 saturated heterocycles. The molecule has 0 radical (unpaired) electrons. The maximum absolute atomic E-state index is 14.0. The Balaban J connectivity index is 1.43. The first-order valence-corrected chi connectivity index (χ1v) is 13.4. The highest BCUT2D eigenvalue weighted by Crippen LogP contribution is 2.52. The lowest BCUT2D eigenvalue weighted by Gasteiger charge is -2.35. The first kappa shape index (κ1) is 23.4. The predicted octanol–water partition coefficient (Wildman–Crippen LogP) is 4.71. The van der Waals surface area contributed by atoms with Crippen molar-refractivity contribution in [3.05, 3.63) is 59.2 Å². The van der Waals surface area contributed by atoms with Gasteiger partial charge in [0.05, 0.1) is 11.8 Å². The molecule has 2 heterocycles. The number of hydrogen-bond donors (Lipinski definition) is 2. The molecule has 3 fully saturated rings. The fourth-order valence-corrected chi connectivity index (χ4v) is 7.48. The van der Waals surface area contributed by atoms with Crippen molar-refractivity contribution in [1.82, 2.24) is 10.2 Å². The Morgan fingerprint density at radius 3 is 2.47 bits per heavy atom. The number of carboxylic acids is 1. The minimum atomic E-state index is -1.46. The lowest BCUT2D eigenvalue weighted by atomic mass is 9.75. The van der Waals surface area contributed by atoms with Crippen LogP contribution in [0.25, 0.3) is 11.1 Å². The maximum Gasteiger partial charge on any atom is 0.324 e. The second kappa shape index (κ2) is 8.55. The second-order valence-electron chi connectivity index (χ2n) is 11.6. The summed E-state index contributed by atoms with van der Waals surface area (Å²) in [6.45, 7) is 3.95. The molecule has 6 rings (SSSR count). The second-order valence-corrected chi connectivity index (χ2v) is 11.6. The average molecular weight is 487 g/mol. The summed E-state index contributed by atoms with van der Waals surface area (Å²) in [5.74, 6) is -3.05. The molecule has 2 amide bonds. The lowest BCUT2D eigenvalue weighted by Crippen LogP contribution is -2.57. The van der Waals surface area contributed by atoms with Crippen LogP contribution in [0.3, 0.4) is 0 Å². The van der Waals surface area contributed by atoms with E-state index in [1.165, 1.54) is 27.2 Å². The Morgan fingerprint density at radius 1 is 1.03 bits per heavy atom. The van der Waals surface area contributed by atoms with E-state index in [4.69, 9.17) is 0 Å². The number of benzene rings is 2. The summed E-state index contributed by atoms with van der Waals surface area (Å²) in [7, 11) is 0. The van der Waals surface area contributed by atoms with E-state index in [0.717, 1.165) is 44.1 Å². The summed E-state index contributed by atoms with van der Waals surface area (Å²) in [4.78, 5) is 42.3. The number of aliphatic carboxylic acids is 1. The summed E-state index contributed by atoms with van der Waals surface area (Å²) < 4.78 is 0. The van der Waals surface area contributed by atoms with Crippen LogP contribution in [-0.2, 0) is 20.8 Å². The van der Waals surface area contributed by atoms with Crippen molar-refractivity contribution in [3.8, 4) is 11.1 Å². The number of nitrogens with one attached hydrogen (secondary N) is 1. The summed E-state index contributed by atoms with van der Waals surface area (Å²) in [6, 6.07) is 14.0. The number of likely N-dealkylation sites (tertiary alicyclic amines) is 1. The number of imide groups is 1. The van der Waals surface area contributed by atoms with Crippen molar-refractivity contribution in [2.45, 2.75) is 76.4 Å². The van der Waals surface area contributed by atoms with Gasteiger partial charge in [0.2, 0.25) is 11.8 Å². The minimum absolute atomic E-state index is 0.0501. The normalized spacial score (nSPS) is 29.5. The third-order valence-electron chi connectivity index (χ3n) is 8.92. The molecular formula is C30H34N2O4. The van der Waals surface area contributed by atoms with E-state index in [1.807, 2.05) is 32.0 Å². The van der Waals surface area contributed by atoms with Gasteiger partial charge in [-0.1, -0.05) is 75.6 Å². The summed E-state index contributed by atoms with van der Waals surface area (Å²) in [5, 5.41) is 13.9. The van der Waals surface area contributed by atoms with Crippen LogP contribution in [0.5, 0.6) is 0 Å². The van der Waals surface area contributed by atoms with Gasteiger partial charge in [0, 0.05) is 12.1 Å². The molecule has 1 saturated carbocycles. The van der Waals surface area contributed by atoms with Gasteiger partial charge in [-0.25, -0.2) is 0 Å². The van der Waals surface area contributed by atoms with E-state index in [9.17, 15) is 19.5 Å². The topological polar surface area (TPSA) is 86.7 Å². The SMILES string of the molecule is CC(C)CC1(C(=O)O)NC(c2ccc3c(c2)Cc2ccccc2-3)C2C(=O)N(C3CCCCC3)C(=O)C21. The van der Waals surface area contributed by atoms with E-state index < -0.39 is 29.4 Å². The van der Waals surface area contributed by atoms with E-state index in [2.05, 4.69) is 29.6 Å². The van der Waals surface area contributed by atoms with Crippen LogP contribution in [0.15, 0.2) is 42.5 Å². The maximum atomic E-state index is 14.0. The number of carbonyl (C=O) groups is 3. The molecule has 36 heavy (non-hydrogen) atoms. The van der Waals surface area contributed by atoms with Gasteiger partial charge < -0.3 is 5.11 Å². The molecule has 6 heteroatoms. The van der Waals surface area contributed by atoms with Gasteiger partial charge in [0.1, 0.15) is 5.54 Å². The number of carbonyl (C=O) groups excluding carboxylic acids is 2. The van der Waals surface area contributed by atoms with Crippen molar-refractivity contribution in [2.75, 3.05) is 0 Å². The van der Waals surface area contributed by atoms with Crippen molar-refractivity contribution in [2.24, 2.45) is 17.8 Å². The highest BCUT2D eigenvalue weighted by Gasteiger charge is 2.69. The Morgan fingerprint density at radius 2 is 1.75 bits per heavy atom. The molecule has 2 aromatic carbocycles. The smallest absolute Gasteiger partial charge is 0.324 e. The molecule has 4 unspecified atom stereocenters. The number of hydrogen-bond acceptors (Lipinski definition) is 4. The van der Waals surface area contributed by atoms with Crippen molar-refractivity contribution in [3.63, 3.8) is 0 Å². The highest BCUT2D eigenvalue weighted by molar-refractivity contribution is 6.09. The fraction of sp³-hybridized carbons (Fsp3) is 0.500. The zero-order valence-electron chi connectivity index (χ0n) is 21.0. The summed E-state index contributed by atoms with van der Waals surface area (Å²) in [6.07, 6.45) is 5.87. The Labute approximate surface area is 212 Å². The highest BCUT2D eigenvalue weighted by atomic mass is 16.4. The molecule has 4 aliphatic rings. The molecule has 6 nitrogen and oxygen atoms in total. The van der Waals surface area contributed by atoms with Gasteiger partial charge in [0.25, 0.3) is 0 Å². The van der Waals surface area contributed by atoms with E-state index in [0.29, 0.717) is 6.42 Å². The molecule has 2 N–H and O–H groups in total. The van der Waals surface area contributed by atoms with Crippen molar-refractivity contribution in [1.29, 1.82) is 0 Å². The Hall–Kier alpha value is -2.99. The largest absolute Gasteiger partial charge is 0.480 e. The van der Waals surface area contributed by atoms with Gasteiger partial charge in [0.15, 0.2) is 0 Å². The van der Waals surface area contributed by atoms with E-state index in [-0.39, 0.29) is 23.8 Å². The van der Waals surface area contributed by atoms with Crippen molar-refractivity contribution >= 4 is 17.8 Å². The lowest BCUT2D eigenvalue weighted by molar-refractivity contribution is -0.153. The summed E-state index contributed by atoms with van der Waals surface area (Å²) in [5.41, 5.74) is 4.32. The molecule has 2 aromatic rings. The monoisotopic (exact) mass is 486 g/mol. The number of fused-ring (bicyclic) bond motifs is 4. The van der Waals surface area contributed by atoms with Crippen LogP contribution >= 0.6 is 0 Å². The Bertz CT molecular complexity index is 1250. The summed E-state index contributed by atoms with van der Waals surface area (Å²) >= 11 is 0. The van der Waals surface area contributed by atoms with Crippen molar-refractivity contribution < 1.29 is 19.5 Å². The fourth-order valence-electron chi connectivity index (χ4n) is 7.48. The number of rotatable bonds is 5. The predicted molar refractivity (Wildman–Crippen MR) is 136 cm³/mol. The van der Waals surface area contributed by atoms with E-state index in [1.54, 1.807) is 0 Å². The number of nitrogens with zero attached hydrogens (tertiary/aromatic N) is 1. The standard InChI is InChI=1S/C30H34N2O4/c1-17(2)16-30(29(35)36)25-24(27(33)32(28(25)34)21-9-4-3-5-10-21)26(31-30)19-12-13-23-20(15-19)14-18-8-6-7-11-22(18)23/h6-8,11-13,15,17,21,24-26,31H,3-5,9-10,14,16H2,1-2H3,(H,35,36). The zero-order valence-corrected chi connectivity index (χ0v) is 21.0. The average Bonchev–Trinajstić information content (AvgIpc) is 3.48. The zero-order chi connectivity index (χ0) is 25.2. The molecule has 4 atom stereocenters. The van der Waals surface area contributed by atoms with Gasteiger partial charge in [-0.3, -0.25) is 24.6 Å². The third kappa shape index (κ3) is 3.37. The molecule has 188 valence electrons. The van der Waals surface area contributed by atoms with Crippen LogP contribution in [0.1, 0.15) is 75.1 Å². The third-order valence-corrected chi connectivity index (χ3v) is 8.92. The van der Waals surface area contributed by atoms with E-state index >= 15 is 0 Å². The molecule has 0 spiro atoms. The molecule has 2 aliphatic heterocycles. The first-order chi connectivity index (χ1) is 17.3. The minimum Gasteiger partial charge on any atom is -0.480 e. The van der Waals surface area contributed by atoms with Gasteiger partial charge in [-0.2, -0.15) is 0 Å².